The Morgan fingerprint density at radius 1 is 1.21 bits per heavy atom. The summed E-state index contributed by atoms with van der Waals surface area (Å²) in [6.07, 6.45) is 6.34. The van der Waals surface area contributed by atoms with Crippen molar-refractivity contribution in [1.29, 1.82) is 0 Å². The lowest BCUT2D eigenvalue weighted by molar-refractivity contribution is -0.0130. The van der Waals surface area contributed by atoms with E-state index in [0.29, 0.717) is 37.4 Å². The molecule has 3 heterocycles. The third kappa shape index (κ3) is 4.16. The highest BCUT2D eigenvalue weighted by atomic mass is 19.3. The third-order valence-corrected chi connectivity index (χ3v) is 5.16. The van der Waals surface area contributed by atoms with E-state index in [1.165, 1.54) is 23.4 Å². The number of allylic oxidation sites excluding steroid dienone is 5. The van der Waals surface area contributed by atoms with E-state index in [1.807, 2.05) is 0 Å². The van der Waals surface area contributed by atoms with Gasteiger partial charge in [-0.05, 0) is 25.0 Å². The van der Waals surface area contributed by atoms with E-state index in [-0.39, 0.29) is 6.04 Å². The summed E-state index contributed by atoms with van der Waals surface area (Å²) in [6.45, 7) is 0.0405. The van der Waals surface area contributed by atoms with Gasteiger partial charge in [-0.15, -0.1) is 0 Å². The molecule has 2 aromatic rings. The van der Waals surface area contributed by atoms with Crippen LogP contribution < -0.4 is 5.32 Å². The molecule has 0 bridgehead atoms. The molecule has 0 radical (unpaired) electrons. The Hall–Kier alpha value is -2.75. The molecule has 0 spiro atoms. The molecule has 0 saturated carbocycles. The van der Waals surface area contributed by atoms with Crippen LogP contribution in [0.4, 0.5) is 23.4 Å². The first-order valence-corrected chi connectivity index (χ1v) is 9.34. The van der Waals surface area contributed by atoms with Gasteiger partial charge in [-0.1, -0.05) is 12.2 Å². The number of piperidine rings is 1. The first-order valence-electron chi connectivity index (χ1n) is 9.34. The van der Waals surface area contributed by atoms with Gasteiger partial charge in [-0.3, -0.25) is 10.00 Å². The molecule has 1 aliphatic carbocycles. The van der Waals surface area contributed by atoms with Gasteiger partial charge < -0.3 is 5.32 Å². The molecule has 1 fully saturated rings. The Bertz CT molecular complexity index is 959. The van der Waals surface area contributed by atoms with E-state index >= 15 is 0 Å². The van der Waals surface area contributed by atoms with Crippen LogP contribution in [0.1, 0.15) is 12.8 Å². The van der Waals surface area contributed by atoms with Gasteiger partial charge >= 0.3 is 0 Å². The van der Waals surface area contributed by atoms with Crippen LogP contribution >= 0.6 is 0 Å². The number of aromatic nitrogens is 4. The van der Waals surface area contributed by atoms with Crippen molar-refractivity contribution in [1.82, 2.24) is 25.1 Å². The maximum absolute atomic E-state index is 14.7. The van der Waals surface area contributed by atoms with Crippen molar-refractivity contribution in [2.45, 2.75) is 31.0 Å². The number of aromatic amines is 1. The molecule has 29 heavy (non-hydrogen) atoms. The minimum absolute atomic E-state index is 0.0431. The van der Waals surface area contributed by atoms with Gasteiger partial charge in [-0.2, -0.15) is 5.10 Å². The fourth-order valence-corrected chi connectivity index (χ4v) is 3.67. The summed E-state index contributed by atoms with van der Waals surface area (Å²) >= 11 is 0. The summed E-state index contributed by atoms with van der Waals surface area (Å²) in [5, 5.41) is 10.8. The number of fused-ring (bicyclic) bond motifs is 1. The van der Waals surface area contributed by atoms with Crippen LogP contribution in [0, 0.1) is 0 Å². The van der Waals surface area contributed by atoms with Crippen LogP contribution in [0.25, 0.3) is 11.0 Å². The summed E-state index contributed by atoms with van der Waals surface area (Å²) in [4.78, 5) is 9.83. The number of alkyl halides is 3. The predicted molar refractivity (Wildman–Crippen MR) is 101 cm³/mol. The molecule has 10 heteroatoms. The monoisotopic (exact) mass is 408 g/mol. The van der Waals surface area contributed by atoms with Crippen molar-refractivity contribution in [3.8, 4) is 0 Å². The van der Waals surface area contributed by atoms with Gasteiger partial charge in [0.2, 0.25) is 0 Å². The van der Waals surface area contributed by atoms with Crippen molar-refractivity contribution >= 4 is 16.9 Å². The Kier molecular flexibility index (Phi) is 5.35. The summed E-state index contributed by atoms with van der Waals surface area (Å²) in [7, 11) is 0. The molecule has 1 aliphatic heterocycles. The zero-order valence-corrected chi connectivity index (χ0v) is 15.5. The van der Waals surface area contributed by atoms with E-state index in [0.717, 1.165) is 17.5 Å². The molecule has 1 saturated heterocycles. The van der Waals surface area contributed by atoms with Crippen LogP contribution in [-0.4, -0.2) is 62.8 Å². The van der Waals surface area contributed by atoms with Gasteiger partial charge in [-0.25, -0.2) is 27.5 Å². The molecule has 0 amide bonds. The average molecular weight is 408 g/mol. The third-order valence-electron chi connectivity index (χ3n) is 5.16. The van der Waals surface area contributed by atoms with Gasteiger partial charge in [0.15, 0.2) is 5.65 Å². The van der Waals surface area contributed by atoms with Gasteiger partial charge in [0.05, 0.1) is 23.7 Å². The number of nitrogens with one attached hydrogen (secondary N) is 2. The quantitative estimate of drug-likeness (QED) is 0.741. The second-order valence-corrected chi connectivity index (χ2v) is 7.16. The summed E-state index contributed by atoms with van der Waals surface area (Å²) in [5.74, 6) is -4.17. The maximum Gasteiger partial charge on any atom is 0.287 e. The SMILES string of the molecule is FC1=C(C(F)(F)CN2CCC(Nc3ncnc4[nH]ncc34)CC2)C(F)C=CC=C1. The first-order chi connectivity index (χ1) is 13.9. The second-order valence-electron chi connectivity index (χ2n) is 7.16. The van der Waals surface area contributed by atoms with Crippen molar-refractivity contribution in [3.05, 3.63) is 48.2 Å². The molecule has 2 aliphatic rings. The Balaban J connectivity index is 1.38. The molecule has 154 valence electrons. The van der Waals surface area contributed by atoms with Crippen molar-refractivity contribution in [2.24, 2.45) is 0 Å². The van der Waals surface area contributed by atoms with E-state index in [4.69, 9.17) is 0 Å². The number of halogens is 4. The number of likely N-dealkylation sites (tertiary alicyclic amines) is 1. The fourth-order valence-electron chi connectivity index (χ4n) is 3.67. The van der Waals surface area contributed by atoms with Crippen molar-refractivity contribution in [2.75, 3.05) is 25.0 Å². The zero-order chi connectivity index (χ0) is 20.4. The Morgan fingerprint density at radius 2 is 2.00 bits per heavy atom. The fraction of sp³-hybridized carbons (Fsp3) is 0.421. The van der Waals surface area contributed by atoms with Gasteiger partial charge in [0.1, 0.15) is 24.1 Å². The Labute approximate surface area is 164 Å². The van der Waals surface area contributed by atoms with Gasteiger partial charge in [0.25, 0.3) is 5.92 Å². The molecule has 1 atom stereocenters. The number of nitrogens with zero attached hydrogens (tertiary/aromatic N) is 4. The van der Waals surface area contributed by atoms with E-state index < -0.39 is 30.0 Å². The number of hydrogen-bond donors (Lipinski definition) is 2. The largest absolute Gasteiger partial charge is 0.367 e. The van der Waals surface area contributed by atoms with Crippen LogP contribution in [-0.2, 0) is 0 Å². The normalized spacial score (nSPS) is 21.7. The summed E-state index contributed by atoms with van der Waals surface area (Å²) in [6, 6.07) is 0.0431. The highest BCUT2D eigenvalue weighted by molar-refractivity contribution is 5.85. The van der Waals surface area contributed by atoms with Crippen molar-refractivity contribution < 1.29 is 17.6 Å². The van der Waals surface area contributed by atoms with Crippen LogP contribution in [0.15, 0.2) is 48.2 Å². The van der Waals surface area contributed by atoms with E-state index in [2.05, 4.69) is 25.5 Å². The van der Waals surface area contributed by atoms with E-state index in [9.17, 15) is 17.6 Å². The predicted octanol–water partition coefficient (Wildman–Crippen LogP) is 3.55. The highest BCUT2D eigenvalue weighted by Crippen LogP contribution is 2.35. The van der Waals surface area contributed by atoms with Crippen LogP contribution in [0.2, 0.25) is 0 Å². The minimum atomic E-state index is -3.60. The van der Waals surface area contributed by atoms with Gasteiger partial charge in [0, 0.05) is 19.1 Å². The number of anilines is 1. The summed E-state index contributed by atoms with van der Waals surface area (Å²) < 4.78 is 57.4. The lowest BCUT2D eigenvalue weighted by Gasteiger charge is -2.35. The number of hydrogen-bond acceptors (Lipinski definition) is 5. The molecule has 0 aromatic carbocycles. The maximum atomic E-state index is 14.7. The molecule has 6 nitrogen and oxygen atoms in total. The molecule has 4 rings (SSSR count). The molecular formula is C19H20F4N6. The smallest absolute Gasteiger partial charge is 0.287 e. The average Bonchev–Trinajstić information content (AvgIpc) is 3.09. The molecule has 2 aromatic heterocycles. The van der Waals surface area contributed by atoms with Crippen LogP contribution in [0.3, 0.4) is 0 Å². The lowest BCUT2D eigenvalue weighted by atomic mass is 9.99. The second kappa shape index (κ2) is 7.94. The first kappa shape index (κ1) is 19.6. The molecule has 1 unspecified atom stereocenters. The molecule has 2 N–H and O–H groups in total. The highest BCUT2D eigenvalue weighted by Gasteiger charge is 2.43. The number of H-pyrrole nitrogens is 1. The van der Waals surface area contributed by atoms with Crippen molar-refractivity contribution in [3.63, 3.8) is 0 Å². The van der Waals surface area contributed by atoms with Crippen LogP contribution in [0.5, 0.6) is 0 Å². The van der Waals surface area contributed by atoms with E-state index in [1.54, 1.807) is 6.20 Å². The molecular weight excluding hydrogens is 388 g/mol. The standard InChI is InChI=1S/C19H20F4N6/c20-14-3-1-2-4-15(21)16(14)19(22,23)10-29-7-5-12(6-8-29)27-17-13-9-26-28-18(13)25-11-24-17/h1-4,9,11-12,14H,5-8,10H2,(H2,24,25,26,27,28). The lowest BCUT2D eigenvalue weighted by Crippen LogP contribution is -2.46. The zero-order valence-electron chi connectivity index (χ0n) is 15.5. The number of rotatable bonds is 5. The topological polar surface area (TPSA) is 69.7 Å². The summed E-state index contributed by atoms with van der Waals surface area (Å²) in [5.41, 5.74) is -0.492. The Morgan fingerprint density at radius 3 is 2.79 bits per heavy atom. The minimum Gasteiger partial charge on any atom is -0.367 e.